The Morgan fingerprint density at radius 3 is 2.87 bits per heavy atom. The molecule has 1 N–H and O–H groups in total. The molecule has 4 heteroatoms. The first kappa shape index (κ1) is 10.5. The van der Waals surface area contributed by atoms with E-state index in [1.54, 1.807) is 0 Å². The lowest BCUT2D eigenvalue weighted by molar-refractivity contribution is 0.00164. The molecule has 0 amide bonds. The van der Waals surface area contributed by atoms with E-state index < -0.39 is 0 Å². The van der Waals surface area contributed by atoms with Crippen LogP contribution < -0.4 is 5.32 Å². The van der Waals surface area contributed by atoms with Crippen molar-refractivity contribution in [2.45, 2.75) is 12.0 Å². The van der Waals surface area contributed by atoms with Gasteiger partial charge in [-0.15, -0.1) is 12.4 Å². The molecule has 2 aliphatic rings. The zero-order valence-corrected chi connectivity index (χ0v) is 8.97. The Labute approximate surface area is 94.2 Å². The molecule has 80 valence electrons. The predicted octanol–water partition coefficient (Wildman–Crippen LogP) is 1.47. The van der Waals surface area contributed by atoms with E-state index in [1.165, 1.54) is 0 Å². The van der Waals surface area contributed by atoms with Crippen LogP contribution in [-0.4, -0.2) is 19.1 Å². The van der Waals surface area contributed by atoms with Crippen molar-refractivity contribution in [2.75, 3.05) is 13.1 Å². The Morgan fingerprint density at radius 2 is 2.13 bits per heavy atom. The van der Waals surface area contributed by atoms with Gasteiger partial charge in [0, 0.05) is 18.5 Å². The molecule has 1 spiro atoms. The molecule has 3 nitrogen and oxygen atoms in total. The monoisotopic (exact) mass is 225 g/mol. The lowest BCUT2D eigenvalue weighted by Crippen LogP contribution is -2.28. The molecule has 0 aromatic heterocycles. The molecule has 1 unspecified atom stereocenters. The van der Waals surface area contributed by atoms with Crippen LogP contribution in [0.5, 0.6) is 0 Å². The molecule has 0 radical (unpaired) electrons. The van der Waals surface area contributed by atoms with E-state index in [2.05, 4.69) is 5.32 Å². The van der Waals surface area contributed by atoms with Crippen molar-refractivity contribution in [3.05, 3.63) is 35.4 Å². The van der Waals surface area contributed by atoms with Gasteiger partial charge >= 0.3 is 5.97 Å². The Bertz CT molecular complexity index is 399. The summed E-state index contributed by atoms with van der Waals surface area (Å²) in [5.41, 5.74) is 1.42. The topological polar surface area (TPSA) is 38.3 Å². The smallest absolute Gasteiger partial charge is 0.339 e. The third-order valence-corrected chi connectivity index (χ3v) is 3.04. The van der Waals surface area contributed by atoms with Gasteiger partial charge in [0.25, 0.3) is 0 Å². The standard InChI is InChI=1S/C11H11NO2.ClH/c13-10-8-3-1-2-4-9(8)11(14-10)5-6-12-7-11;/h1-4,12H,5-7H2;1H. The SMILES string of the molecule is Cl.O=C1OC2(CCNC2)c2ccccc21. The lowest BCUT2D eigenvalue weighted by Gasteiger charge is -2.21. The molecule has 1 aromatic carbocycles. The van der Waals surface area contributed by atoms with Crippen LogP contribution in [0, 0.1) is 0 Å². The van der Waals surface area contributed by atoms with Crippen LogP contribution in [0.4, 0.5) is 0 Å². The second-order valence-corrected chi connectivity index (χ2v) is 3.86. The maximum atomic E-state index is 11.6. The number of halogens is 1. The van der Waals surface area contributed by atoms with E-state index in [9.17, 15) is 4.79 Å². The van der Waals surface area contributed by atoms with Gasteiger partial charge in [0.2, 0.25) is 0 Å². The number of nitrogens with one attached hydrogen (secondary N) is 1. The fourth-order valence-corrected chi connectivity index (χ4v) is 2.33. The zero-order chi connectivity index (χ0) is 9.60. The molecule has 1 atom stereocenters. The molecule has 0 aliphatic carbocycles. The number of fused-ring (bicyclic) bond motifs is 2. The van der Waals surface area contributed by atoms with Crippen molar-refractivity contribution < 1.29 is 9.53 Å². The summed E-state index contributed by atoms with van der Waals surface area (Å²) in [7, 11) is 0. The van der Waals surface area contributed by atoms with Crippen LogP contribution in [0.2, 0.25) is 0 Å². The molecule has 3 rings (SSSR count). The fraction of sp³-hybridized carbons (Fsp3) is 0.364. The summed E-state index contributed by atoms with van der Waals surface area (Å²) in [5.74, 6) is -0.177. The first-order valence-electron chi connectivity index (χ1n) is 4.85. The average molecular weight is 226 g/mol. The molecule has 1 saturated heterocycles. The Hall–Kier alpha value is -1.06. The number of carbonyl (C=O) groups is 1. The number of hydrogen-bond donors (Lipinski definition) is 1. The van der Waals surface area contributed by atoms with E-state index in [1.807, 2.05) is 24.3 Å². The van der Waals surface area contributed by atoms with Gasteiger partial charge in [0.05, 0.1) is 5.56 Å². The number of ether oxygens (including phenoxy) is 1. The Morgan fingerprint density at radius 1 is 1.33 bits per heavy atom. The molecule has 2 heterocycles. The van der Waals surface area contributed by atoms with Crippen LogP contribution in [0.15, 0.2) is 24.3 Å². The third kappa shape index (κ3) is 1.34. The summed E-state index contributed by atoms with van der Waals surface area (Å²) in [6.45, 7) is 1.66. The maximum Gasteiger partial charge on any atom is 0.339 e. The van der Waals surface area contributed by atoms with Crippen molar-refractivity contribution in [3.63, 3.8) is 0 Å². The second-order valence-electron chi connectivity index (χ2n) is 3.86. The van der Waals surface area contributed by atoms with Crippen LogP contribution in [0.1, 0.15) is 22.3 Å². The van der Waals surface area contributed by atoms with Crippen LogP contribution in [0.25, 0.3) is 0 Å². The first-order chi connectivity index (χ1) is 6.82. The van der Waals surface area contributed by atoms with Crippen molar-refractivity contribution in [1.29, 1.82) is 0 Å². The van der Waals surface area contributed by atoms with E-state index in [0.29, 0.717) is 0 Å². The second kappa shape index (κ2) is 3.51. The fourth-order valence-electron chi connectivity index (χ4n) is 2.33. The van der Waals surface area contributed by atoms with Crippen LogP contribution in [-0.2, 0) is 10.3 Å². The lowest BCUT2D eigenvalue weighted by atomic mass is 9.92. The van der Waals surface area contributed by atoms with E-state index in [0.717, 1.165) is 30.6 Å². The van der Waals surface area contributed by atoms with Crippen molar-refractivity contribution in [3.8, 4) is 0 Å². The average Bonchev–Trinajstić information content (AvgIpc) is 2.77. The van der Waals surface area contributed by atoms with Gasteiger partial charge in [0.15, 0.2) is 5.60 Å². The third-order valence-electron chi connectivity index (χ3n) is 3.04. The van der Waals surface area contributed by atoms with Gasteiger partial charge in [-0.25, -0.2) is 4.79 Å². The highest BCUT2D eigenvalue weighted by Gasteiger charge is 2.47. The molecule has 0 saturated carbocycles. The summed E-state index contributed by atoms with van der Waals surface area (Å²) < 4.78 is 5.48. The highest BCUT2D eigenvalue weighted by molar-refractivity contribution is 5.94. The molecular weight excluding hydrogens is 214 g/mol. The minimum Gasteiger partial charge on any atom is -0.449 e. The van der Waals surface area contributed by atoms with Gasteiger partial charge in [-0.1, -0.05) is 18.2 Å². The van der Waals surface area contributed by atoms with Gasteiger partial charge in [-0.3, -0.25) is 0 Å². The summed E-state index contributed by atoms with van der Waals surface area (Å²) in [6, 6.07) is 7.67. The molecule has 1 aromatic rings. The number of esters is 1. The quantitative estimate of drug-likeness (QED) is 0.680. The largest absolute Gasteiger partial charge is 0.449 e. The normalized spacial score (nSPS) is 27.3. The van der Waals surface area contributed by atoms with Crippen molar-refractivity contribution in [1.82, 2.24) is 5.32 Å². The molecule has 15 heavy (non-hydrogen) atoms. The Kier molecular flexibility index (Phi) is 2.44. The van der Waals surface area contributed by atoms with Crippen molar-refractivity contribution in [2.24, 2.45) is 0 Å². The van der Waals surface area contributed by atoms with E-state index in [-0.39, 0.29) is 24.0 Å². The minimum absolute atomic E-state index is 0. The molecule has 0 bridgehead atoms. The number of rotatable bonds is 0. The maximum absolute atomic E-state index is 11.6. The first-order valence-corrected chi connectivity index (χ1v) is 4.85. The predicted molar refractivity (Wildman–Crippen MR) is 58.3 cm³/mol. The number of carbonyl (C=O) groups excluding carboxylic acids is 1. The molecular formula is C11H12ClNO2. The highest BCUT2D eigenvalue weighted by Crippen LogP contribution is 2.40. The number of hydrogen-bond acceptors (Lipinski definition) is 3. The van der Waals surface area contributed by atoms with Gasteiger partial charge in [-0.05, 0) is 12.6 Å². The summed E-state index contributed by atoms with van der Waals surface area (Å²) in [5, 5.41) is 3.24. The molecule has 1 fully saturated rings. The molecule has 2 aliphatic heterocycles. The summed E-state index contributed by atoms with van der Waals surface area (Å²) in [4.78, 5) is 11.6. The Balaban J connectivity index is 0.000000853. The number of benzene rings is 1. The van der Waals surface area contributed by atoms with Crippen LogP contribution >= 0.6 is 12.4 Å². The van der Waals surface area contributed by atoms with Gasteiger partial charge < -0.3 is 10.1 Å². The van der Waals surface area contributed by atoms with Crippen molar-refractivity contribution >= 4 is 18.4 Å². The minimum atomic E-state index is -0.367. The summed E-state index contributed by atoms with van der Waals surface area (Å²) in [6.07, 6.45) is 0.885. The highest BCUT2D eigenvalue weighted by atomic mass is 35.5. The van der Waals surface area contributed by atoms with Gasteiger partial charge in [-0.2, -0.15) is 0 Å². The summed E-state index contributed by atoms with van der Waals surface area (Å²) >= 11 is 0. The van der Waals surface area contributed by atoms with Crippen LogP contribution in [0.3, 0.4) is 0 Å². The van der Waals surface area contributed by atoms with E-state index >= 15 is 0 Å². The van der Waals surface area contributed by atoms with Gasteiger partial charge in [0.1, 0.15) is 0 Å². The zero-order valence-electron chi connectivity index (χ0n) is 8.16. The van der Waals surface area contributed by atoms with E-state index in [4.69, 9.17) is 4.74 Å².